The second-order valence-electron chi connectivity index (χ2n) is 5.26. The SMILES string of the molecule is CN(C)Cc1ccccc1C(=O)C=Cc1ccc(Cl)cc1Cl. The van der Waals surface area contributed by atoms with Crippen molar-refractivity contribution in [3.8, 4) is 0 Å². The third kappa shape index (κ3) is 4.44. The van der Waals surface area contributed by atoms with Crippen LogP contribution in [0, 0.1) is 0 Å². The van der Waals surface area contributed by atoms with Gasteiger partial charge < -0.3 is 4.90 Å². The van der Waals surface area contributed by atoms with Crippen molar-refractivity contribution in [1.82, 2.24) is 4.90 Å². The minimum Gasteiger partial charge on any atom is -0.305 e. The summed E-state index contributed by atoms with van der Waals surface area (Å²) < 4.78 is 0. The van der Waals surface area contributed by atoms with E-state index >= 15 is 0 Å². The Kier molecular flexibility index (Phi) is 5.78. The monoisotopic (exact) mass is 333 g/mol. The second kappa shape index (κ2) is 7.59. The summed E-state index contributed by atoms with van der Waals surface area (Å²) in [5.41, 5.74) is 2.48. The van der Waals surface area contributed by atoms with E-state index in [1.54, 1.807) is 30.4 Å². The molecule has 0 bridgehead atoms. The Morgan fingerprint density at radius 2 is 1.86 bits per heavy atom. The average Bonchev–Trinajstić information content (AvgIpc) is 2.46. The van der Waals surface area contributed by atoms with E-state index in [9.17, 15) is 4.79 Å². The van der Waals surface area contributed by atoms with Gasteiger partial charge in [0.1, 0.15) is 0 Å². The van der Waals surface area contributed by atoms with Crippen LogP contribution in [0.5, 0.6) is 0 Å². The van der Waals surface area contributed by atoms with E-state index in [0.29, 0.717) is 15.6 Å². The number of halogens is 2. The fourth-order valence-electron chi connectivity index (χ4n) is 2.13. The van der Waals surface area contributed by atoms with Gasteiger partial charge in [0, 0.05) is 22.2 Å². The van der Waals surface area contributed by atoms with Crippen molar-refractivity contribution in [3.63, 3.8) is 0 Å². The van der Waals surface area contributed by atoms with E-state index in [4.69, 9.17) is 23.2 Å². The zero-order valence-corrected chi connectivity index (χ0v) is 14.0. The lowest BCUT2D eigenvalue weighted by molar-refractivity contribution is 0.104. The Balaban J connectivity index is 2.24. The smallest absolute Gasteiger partial charge is 0.186 e. The molecule has 0 spiro atoms. The first-order chi connectivity index (χ1) is 10.5. The molecule has 2 aromatic carbocycles. The number of ketones is 1. The maximum atomic E-state index is 12.4. The third-order valence-corrected chi connectivity index (χ3v) is 3.71. The van der Waals surface area contributed by atoms with Crippen molar-refractivity contribution < 1.29 is 4.79 Å². The van der Waals surface area contributed by atoms with Crippen LogP contribution >= 0.6 is 23.2 Å². The van der Waals surface area contributed by atoms with Crippen molar-refractivity contribution >= 4 is 35.1 Å². The molecule has 0 aliphatic carbocycles. The van der Waals surface area contributed by atoms with Crippen molar-refractivity contribution in [2.24, 2.45) is 0 Å². The molecule has 0 aliphatic rings. The van der Waals surface area contributed by atoms with Gasteiger partial charge in [0.25, 0.3) is 0 Å². The zero-order valence-electron chi connectivity index (χ0n) is 12.5. The van der Waals surface area contributed by atoms with Gasteiger partial charge in [-0.15, -0.1) is 0 Å². The number of carbonyl (C=O) groups excluding carboxylic acids is 1. The predicted octanol–water partition coefficient (Wildman–Crippen LogP) is 4.95. The maximum Gasteiger partial charge on any atom is 0.186 e. The van der Waals surface area contributed by atoms with Gasteiger partial charge in [-0.25, -0.2) is 0 Å². The number of hydrogen-bond acceptors (Lipinski definition) is 2. The Bertz CT molecular complexity index is 708. The van der Waals surface area contributed by atoms with Crippen LogP contribution in [-0.4, -0.2) is 24.8 Å². The summed E-state index contributed by atoms with van der Waals surface area (Å²) in [5.74, 6) is -0.0385. The third-order valence-electron chi connectivity index (χ3n) is 3.15. The molecule has 0 aliphatic heterocycles. The Morgan fingerprint density at radius 1 is 1.14 bits per heavy atom. The molecule has 0 radical (unpaired) electrons. The highest BCUT2D eigenvalue weighted by atomic mass is 35.5. The van der Waals surface area contributed by atoms with Gasteiger partial charge in [0.05, 0.1) is 0 Å². The molecule has 2 aromatic rings. The van der Waals surface area contributed by atoms with Crippen molar-refractivity contribution in [2.75, 3.05) is 14.1 Å². The summed E-state index contributed by atoms with van der Waals surface area (Å²) in [7, 11) is 3.95. The summed E-state index contributed by atoms with van der Waals surface area (Å²) >= 11 is 12.0. The summed E-state index contributed by atoms with van der Waals surface area (Å²) in [4.78, 5) is 14.5. The number of nitrogens with zero attached hydrogens (tertiary/aromatic N) is 1. The molecule has 0 saturated heterocycles. The highest BCUT2D eigenvalue weighted by Crippen LogP contribution is 2.22. The lowest BCUT2D eigenvalue weighted by Crippen LogP contribution is -2.13. The summed E-state index contributed by atoms with van der Waals surface area (Å²) in [5, 5.41) is 1.10. The molecule has 22 heavy (non-hydrogen) atoms. The molecule has 0 saturated carbocycles. The van der Waals surface area contributed by atoms with Crippen LogP contribution in [0.1, 0.15) is 21.5 Å². The Hall–Kier alpha value is -1.61. The predicted molar refractivity (Wildman–Crippen MR) is 93.7 cm³/mol. The van der Waals surface area contributed by atoms with Gasteiger partial charge in [-0.05, 0) is 49.5 Å². The van der Waals surface area contributed by atoms with Crippen LogP contribution in [0.2, 0.25) is 10.0 Å². The molecule has 0 amide bonds. The molecule has 0 heterocycles. The molecule has 2 rings (SSSR count). The minimum atomic E-state index is -0.0385. The van der Waals surface area contributed by atoms with Gasteiger partial charge >= 0.3 is 0 Å². The van der Waals surface area contributed by atoms with E-state index in [-0.39, 0.29) is 5.78 Å². The van der Waals surface area contributed by atoms with Gasteiger partial charge in [-0.2, -0.15) is 0 Å². The van der Waals surface area contributed by atoms with Crippen LogP contribution < -0.4 is 0 Å². The molecule has 0 N–H and O–H groups in total. The van der Waals surface area contributed by atoms with Crippen molar-refractivity contribution in [2.45, 2.75) is 6.54 Å². The molecule has 0 aromatic heterocycles. The summed E-state index contributed by atoms with van der Waals surface area (Å²) in [6.45, 7) is 0.720. The number of benzene rings is 2. The van der Waals surface area contributed by atoms with Crippen LogP contribution in [0.15, 0.2) is 48.5 Å². The van der Waals surface area contributed by atoms with Crippen molar-refractivity contribution in [3.05, 3.63) is 75.3 Å². The van der Waals surface area contributed by atoms with Crippen molar-refractivity contribution in [1.29, 1.82) is 0 Å². The van der Waals surface area contributed by atoms with Crippen LogP contribution in [0.4, 0.5) is 0 Å². The fraction of sp³-hybridized carbons (Fsp3) is 0.167. The fourth-order valence-corrected chi connectivity index (χ4v) is 2.60. The molecule has 114 valence electrons. The largest absolute Gasteiger partial charge is 0.305 e. The van der Waals surface area contributed by atoms with Crippen LogP contribution in [0.25, 0.3) is 6.08 Å². The molecule has 2 nitrogen and oxygen atoms in total. The highest BCUT2D eigenvalue weighted by Gasteiger charge is 2.09. The minimum absolute atomic E-state index is 0.0385. The van der Waals surface area contributed by atoms with Crippen LogP contribution in [-0.2, 0) is 6.54 Å². The van der Waals surface area contributed by atoms with Gasteiger partial charge in [0.15, 0.2) is 5.78 Å². The standard InChI is InChI=1S/C18H17Cl2NO/c1-21(2)12-14-5-3-4-6-16(14)18(22)10-8-13-7-9-15(19)11-17(13)20/h3-11H,12H2,1-2H3. The first-order valence-electron chi connectivity index (χ1n) is 6.87. The lowest BCUT2D eigenvalue weighted by atomic mass is 10.0. The van der Waals surface area contributed by atoms with E-state index < -0.39 is 0 Å². The van der Waals surface area contributed by atoms with Gasteiger partial charge in [-0.1, -0.05) is 53.5 Å². The Morgan fingerprint density at radius 3 is 2.55 bits per heavy atom. The quantitative estimate of drug-likeness (QED) is 0.569. The maximum absolute atomic E-state index is 12.4. The topological polar surface area (TPSA) is 20.3 Å². The number of allylic oxidation sites excluding steroid dienone is 1. The summed E-state index contributed by atoms with van der Waals surface area (Å²) in [6, 6.07) is 12.8. The number of carbonyl (C=O) groups is 1. The van der Waals surface area contributed by atoms with E-state index in [1.165, 1.54) is 0 Å². The Labute approximate surface area is 141 Å². The molecule has 0 fully saturated rings. The van der Waals surface area contributed by atoms with E-state index in [1.807, 2.05) is 43.3 Å². The average molecular weight is 334 g/mol. The zero-order chi connectivity index (χ0) is 16.1. The number of hydrogen-bond donors (Lipinski definition) is 0. The molecular formula is C18H17Cl2NO. The summed E-state index contributed by atoms with van der Waals surface area (Å²) in [6.07, 6.45) is 3.26. The van der Waals surface area contributed by atoms with Gasteiger partial charge in [0.2, 0.25) is 0 Å². The molecule has 0 unspecified atom stereocenters. The first-order valence-corrected chi connectivity index (χ1v) is 7.63. The van der Waals surface area contributed by atoms with E-state index in [2.05, 4.69) is 0 Å². The first kappa shape index (κ1) is 16.8. The number of rotatable bonds is 5. The van der Waals surface area contributed by atoms with Gasteiger partial charge in [-0.3, -0.25) is 4.79 Å². The lowest BCUT2D eigenvalue weighted by Gasteiger charge is -2.12. The molecule has 0 atom stereocenters. The molecule has 4 heteroatoms. The molecular weight excluding hydrogens is 317 g/mol. The van der Waals surface area contributed by atoms with E-state index in [0.717, 1.165) is 17.7 Å². The normalized spacial score (nSPS) is 11.3. The second-order valence-corrected chi connectivity index (χ2v) is 6.10. The van der Waals surface area contributed by atoms with Crippen LogP contribution in [0.3, 0.4) is 0 Å². The highest BCUT2D eigenvalue weighted by molar-refractivity contribution is 6.35.